The quantitative estimate of drug-likeness (QED) is 0.770. The van der Waals surface area contributed by atoms with Crippen molar-refractivity contribution in [3.63, 3.8) is 0 Å². The van der Waals surface area contributed by atoms with Crippen LogP contribution >= 0.6 is 0 Å². The van der Waals surface area contributed by atoms with Gasteiger partial charge in [0.2, 0.25) is 0 Å². The van der Waals surface area contributed by atoms with Gasteiger partial charge in [-0.25, -0.2) is 9.97 Å². The third-order valence-electron chi connectivity index (χ3n) is 3.74. The van der Waals surface area contributed by atoms with Gasteiger partial charge in [0.15, 0.2) is 0 Å². The van der Waals surface area contributed by atoms with Crippen LogP contribution in [0.2, 0.25) is 0 Å². The molecule has 4 nitrogen and oxygen atoms in total. The smallest absolute Gasteiger partial charge is 0.308 e. The van der Waals surface area contributed by atoms with Crippen LogP contribution in [0.5, 0.6) is 0 Å². The highest BCUT2D eigenvalue weighted by molar-refractivity contribution is 5.72. The van der Waals surface area contributed by atoms with Gasteiger partial charge < -0.3 is 4.74 Å². The van der Waals surface area contributed by atoms with Crippen LogP contribution < -0.4 is 0 Å². The average Bonchev–Trinajstić information content (AvgIpc) is 2.41. The van der Waals surface area contributed by atoms with E-state index in [4.69, 9.17) is 4.74 Å². The van der Waals surface area contributed by atoms with E-state index < -0.39 is 0 Å². The molecule has 1 fully saturated rings. The fourth-order valence-electron chi connectivity index (χ4n) is 2.63. The molecule has 0 amide bonds. The Morgan fingerprint density at radius 1 is 1.28 bits per heavy atom. The number of hydrogen-bond acceptors (Lipinski definition) is 4. The van der Waals surface area contributed by atoms with Gasteiger partial charge in [0.05, 0.1) is 13.0 Å². The molecule has 4 heteroatoms. The van der Waals surface area contributed by atoms with E-state index in [2.05, 4.69) is 9.97 Å². The lowest BCUT2D eigenvalue weighted by Crippen LogP contribution is -2.23. The fourth-order valence-corrected chi connectivity index (χ4v) is 2.63. The van der Waals surface area contributed by atoms with Gasteiger partial charge in [0, 0.05) is 12.4 Å². The van der Waals surface area contributed by atoms with Gasteiger partial charge in [-0.1, -0.05) is 0 Å². The number of aromatic nitrogens is 2. The molecule has 0 radical (unpaired) electrons. The standard InChI is InChI=1S/C14H20N2O2/c1-10-15-8-12(9-16-10)7-11-3-5-13(6-4-11)14(17)18-2/h8-9,11,13H,3-7H2,1-2H3. The number of carbonyl (C=O) groups is 1. The Labute approximate surface area is 108 Å². The van der Waals surface area contributed by atoms with Crippen molar-refractivity contribution in [1.29, 1.82) is 0 Å². The van der Waals surface area contributed by atoms with Crippen LogP contribution in [0.4, 0.5) is 0 Å². The van der Waals surface area contributed by atoms with Crippen molar-refractivity contribution in [3.05, 3.63) is 23.8 Å². The van der Waals surface area contributed by atoms with Crippen molar-refractivity contribution in [1.82, 2.24) is 9.97 Å². The van der Waals surface area contributed by atoms with Gasteiger partial charge in [-0.05, 0) is 50.5 Å². The summed E-state index contributed by atoms with van der Waals surface area (Å²) < 4.78 is 4.80. The van der Waals surface area contributed by atoms with E-state index in [1.807, 2.05) is 19.3 Å². The van der Waals surface area contributed by atoms with Gasteiger partial charge in [0.25, 0.3) is 0 Å². The summed E-state index contributed by atoms with van der Waals surface area (Å²) in [5.41, 5.74) is 1.20. The van der Waals surface area contributed by atoms with E-state index in [1.165, 1.54) is 12.7 Å². The Morgan fingerprint density at radius 3 is 2.44 bits per heavy atom. The van der Waals surface area contributed by atoms with Crippen LogP contribution in [-0.2, 0) is 16.0 Å². The number of hydrogen-bond donors (Lipinski definition) is 0. The molecular weight excluding hydrogens is 228 g/mol. The van der Waals surface area contributed by atoms with Crippen molar-refractivity contribution < 1.29 is 9.53 Å². The van der Waals surface area contributed by atoms with Crippen molar-refractivity contribution in [3.8, 4) is 0 Å². The zero-order valence-electron chi connectivity index (χ0n) is 11.1. The second-order valence-electron chi connectivity index (χ2n) is 5.08. The zero-order chi connectivity index (χ0) is 13.0. The lowest BCUT2D eigenvalue weighted by Gasteiger charge is -2.26. The molecule has 1 aromatic heterocycles. The van der Waals surface area contributed by atoms with Gasteiger partial charge in [-0.2, -0.15) is 0 Å². The maximum Gasteiger partial charge on any atom is 0.308 e. The highest BCUT2D eigenvalue weighted by atomic mass is 16.5. The molecule has 1 saturated carbocycles. The molecule has 2 rings (SSSR count). The summed E-state index contributed by atoms with van der Waals surface area (Å²) in [4.78, 5) is 19.9. The van der Waals surface area contributed by atoms with Crippen LogP contribution in [-0.4, -0.2) is 23.0 Å². The molecule has 0 saturated heterocycles. The lowest BCUT2D eigenvalue weighted by atomic mass is 9.79. The first-order valence-corrected chi connectivity index (χ1v) is 6.54. The average molecular weight is 248 g/mol. The van der Waals surface area contributed by atoms with Crippen molar-refractivity contribution in [2.24, 2.45) is 11.8 Å². The second-order valence-corrected chi connectivity index (χ2v) is 5.08. The molecule has 18 heavy (non-hydrogen) atoms. The summed E-state index contributed by atoms with van der Waals surface area (Å²) in [7, 11) is 1.47. The highest BCUT2D eigenvalue weighted by Crippen LogP contribution is 2.31. The Kier molecular flexibility index (Phi) is 4.28. The summed E-state index contributed by atoms with van der Waals surface area (Å²) in [6.07, 6.45) is 8.92. The first-order valence-electron chi connectivity index (χ1n) is 6.54. The Bertz CT molecular complexity index is 395. The number of esters is 1. The number of nitrogens with zero attached hydrogens (tertiary/aromatic N) is 2. The predicted molar refractivity (Wildman–Crippen MR) is 67.9 cm³/mol. The minimum Gasteiger partial charge on any atom is -0.469 e. The van der Waals surface area contributed by atoms with E-state index in [0.717, 1.165) is 37.9 Å². The van der Waals surface area contributed by atoms with Crippen LogP contribution in [0.1, 0.15) is 37.1 Å². The molecular formula is C14H20N2O2. The van der Waals surface area contributed by atoms with E-state index >= 15 is 0 Å². The topological polar surface area (TPSA) is 52.1 Å². The highest BCUT2D eigenvalue weighted by Gasteiger charge is 2.26. The third-order valence-corrected chi connectivity index (χ3v) is 3.74. The molecule has 0 bridgehead atoms. The second kappa shape index (κ2) is 5.94. The monoisotopic (exact) mass is 248 g/mol. The summed E-state index contributed by atoms with van der Waals surface area (Å²) in [5.74, 6) is 1.53. The van der Waals surface area contributed by atoms with Gasteiger partial charge >= 0.3 is 5.97 Å². The van der Waals surface area contributed by atoms with Crippen LogP contribution in [0, 0.1) is 18.8 Å². The Morgan fingerprint density at radius 2 is 1.89 bits per heavy atom. The molecule has 0 N–H and O–H groups in total. The molecule has 1 heterocycles. The minimum atomic E-state index is -0.0490. The Balaban J connectivity index is 1.83. The first kappa shape index (κ1) is 13.0. The molecule has 0 atom stereocenters. The minimum absolute atomic E-state index is 0.0490. The molecule has 1 aliphatic carbocycles. The van der Waals surface area contributed by atoms with Crippen molar-refractivity contribution >= 4 is 5.97 Å². The molecule has 0 aliphatic heterocycles. The number of carbonyl (C=O) groups excluding carboxylic acids is 1. The third kappa shape index (κ3) is 3.28. The number of ether oxygens (including phenoxy) is 1. The molecule has 1 aliphatic rings. The molecule has 98 valence electrons. The van der Waals surface area contributed by atoms with Crippen LogP contribution in [0.15, 0.2) is 12.4 Å². The first-order chi connectivity index (χ1) is 8.69. The zero-order valence-corrected chi connectivity index (χ0v) is 11.1. The van der Waals surface area contributed by atoms with E-state index in [9.17, 15) is 4.79 Å². The Hall–Kier alpha value is -1.45. The summed E-state index contributed by atoms with van der Waals surface area (Å²) in [6.45, 7) is 1.89. The number of aryl methyl sites for hydroxylation is 1. The summed E-state index contributed by atoms with van der Waals surface area (Å²) in [6, 6.07) is 0. The van der Waals surface area contributed by atoms with Crippen LogP contribution in [0.3, 0.4) is 0 Å². The summed E-state index contributed by atoms with van der Waals surface area (Å²) >= 11 is 0. The lowest BCUT2D eigenvalue weighted by molar-refractivity contribution is -0.146. The fraction of sp³-hybridized carbons (Fsp3) is 0.643. The van der Waals surface area contributed by atoms with Gasteiger partial charge in [0.1, 0.15) is 5.82 Å². The SMILES string of the molecule is COC(=O)C1CCC(Cc2cnc(C)nc2)CC1. The summed E-state index contributed by atoms with van der Waals surface area (Å²) in [5, 5.41) is 0. The normalized spacial score (nSPS) is 23.7. The maximum atomic E-state index is 11.4. The van der Waals surface area contributed by atoms with Gasteiger partial charge in [-0.15, -0.1) is 0 Å². The predicted octanol–water partition coefficient (Wildman–Crippen LogP) is 2.31. The number of methoxy groups -OCH3 is 1. The van der Waals surface area contributed by atoms with E-state index in [0.29, 0.717) is 5.92 Å². The van der Waals surface area contributed by atoms with Crippen LogP contribution in [0.25, 0.3) is 0 Å². The van der Waals surface area contributed by atoms with Crippen molar-refractivity contribution in [2.45, 2.75) is 39.0 Å². The molecule has 1 aromatic rings. The largest absolute Gasteiger partial charge is 0.469 e. The number of rotatable bonds is 3. The van der Waals surface area contributed by atoms with E-state index in [-0.39, 0.29) is 11.9 Å². The molecule has 0 unspecified atom stereocenters. The molecule has 0 spiro atoms. The van der Waals surface area contributed by atoms with Gasteiger partial charge in [-0.3, -0.25) is 4.79 Å². The maximum absolute atomic E-state index is 11.4. The molecule has 0 aromatic carbocycles. The van der Waals surface area contributed by atoms with E-state index in [1.54, 1.807) is 0 Å². The van der Waals surface area contributed by atoms with Crippen molar-refractivity contribution in [2.75, 3.05) is 7.11 Å².